The topological polar surface area (TPSA) is 54.0 Å². The molecule has 0 aliphatic carbocycles. The highest BCUT2D eigenvalue weighted by atomic mass is 79.9. The van der Waals surface area contributed by atoms with Gasteiger partial charge in [0.2, 0.25) is 0 Å². The number of carbonyl (C=O) groups is 1. The molecule has 0 spiro atoms. The molecule has 6 heteroatoms. The van der Waals surface area contributed by atoms with Crippen LogP contribution in [-0.2, 0) is 0 Å². The second kappa shape index (κ2) is 7.43. The number of rotatable bonds is 5. The van der Waals surface area contributed by atoms with Gasteiger partial charge in [0.15, 0.2) is 0 Å². The van der Waals surface area contributed by atoms with Crippen molar-refractivity contribution in [1.82, 2.24) is 4.98 Å². The highest BCUT2D eigenvalue weighted by molar-refractivity contribution is 9.10. The van der Waals surface area contributed by atoms with Crippen LogP contribution in [-0.4, -0.2) is 17.4 Å². The quantitative estimate of drug-likeness (QED) is 0.812. The second-order valence-corrected chi connectivity index (χ2v) is 5.68. The molecule has 0 atom stereocenters. The first kappa shape index (κ1) is 15.8. The van der Waals surface area contributed by atoms with Gasteiger partial charge in [-0.15, -0.1) is 0 Å². The lowest BCUT2D eigenvalue weighted by Crippen LogP contribution is -2.13. The Bertz CT molecular complexity index is 649. The summed E-state index contributed by atoms with van der Waals surface area (Å²) in [5, 5.41) is 6.35. The van der Waals surface area contributed by atoms with E-state index in [0.717, 1.165) is 17.4 Å². The standard InChI is InChI=1S/C15H15BrClN3O/c1-2-7-18-14-12(17)8-10(9-19-14)15(21)20-13-6-4-3-5-11(13)16/h3-6,8-9H,2,7H2,1H3,(H,18,19)(H,20,21). The first-order valence-electron chi connectivity index (χ1n) is 6.57. The number of hydrogen-bond acceptors (Lipinski definition) is 3. The number of benzene rings is 1. The molecule has 0 aliphatic rings. The van der Waals surface area contributed by atoms with Gasteiger partial charge < -0.3 is 10.6 Å². The van der Waals surface area contributed by atoms with E-state index in [0.29, 0.717) is 22.1 Å². The van der Waals surface area contributed by atoms with Crippen molar-refractivity contribution in [2.45, 2.75) is 13.3 Å². The normalized spacial score (nSPS) is 10.2. The Morgan fingerprint density at radius 1 is 1.38 bits per heavy atom. The summed E-state index contributed by atoms with van der Waals surface area (Å²) in [7, 11) is 0. The summed E-state index contributed by atoms with van der Waals surface area (Å²) >= 11 is 9.51. The molecular formula is C15H15BrClN3O. The van der Waals surface area contributed by atoms with Crippen LogP contribution in [0, 0.1) is 0 Å². The van der Waals surface area contributed by atoms with E-state index in [1.807, 2.05) is 24.3 Å². The molecule has 1 aromatic carbocycles. The third-order valence-corrected chi connectivity index (χ3v) is 3.75. The minimum absolute atomic E-state index is 0.252. The molecule has 1 heterocycles. The van der Waals surface area contributed by atoms with Crippen molar-refractivity contribution < 1.29 is 4.79 Å². The molecule has 0 bridgehead atoms. The number of para-hydroxylation sites is 1. The number of halogens is 2. The average Bonchev–Trinajstić information content (AvgIpc) is 2.48. The van der Waals surface area contributed by atoms with Gasteiger partial charge in [0, 0.05) is 17.2 Å². The van der Waals surface area contributed by atoms with Crippen LogP contribution in [0.3, 0.4) is 0 Å². The first-order valence-corrected chi connectivity index (χ1v) is 7.74. The van der Waals surface area contributed by atoms with Crippen molar-refractivity contribution in [2.24, 2.45) is 0 Å². The zero-order valence-corrected chi connectivity index (χ0v) is 13.8. The summed E-state index contributed by atoms with van der Waals surface area (Å²) in [6.07, 6.45) is 2.48. The summed E-state index contributed by atoms with van der Waals surface area (Å²) in [5.74, 6) is 0.342. The number of hydrogen-bond donors (Lipinski definition) is 2. The minimum atomic E-state index is -0.252. The number of anilines is 2. The van der Waals surface area contributed by atoms with Crippen LogP contribution in [0.15, 0.2) is 41.0 Å². The smallest absolute Gasteiger partial charge is 0.257 e. The Kier molecular flexibility index (Phi) is 5.59. The molecule has 110 valence electrons. The molecule has 1 aromatic heterocycles. The molecule has 0 radical (unpaired) electrons. The summed E-state index contributed by atoms with van der Waals surface area (Å²) in [6.45, 7) is 2.84. The van der Waals surface area contributed by atoms with E-state index >= 15 is 0 Å². The Hall–Kier alpha value is -1.59. The Morgan fingerprint density at radius 3 is 2.81 bits per heavy atom. The number of nitrogens with zero attached hydrogens (tertiary/aromatic N) is 1. The van der Waals surface area contributed by atoms with Crippen molar-refractivity contribution >= 4 is 44.9 Å². The Labute approximate surface area is 137 Å². The van der Waals surface area contributed by atoms with Crippen molar-refractivity contribution in [1.29, 1.82) is 0 Å². The Balaban J connectivity index is 2.13. The third kappa shape index (κ3) is 4.19. The summed E-state index contributed by atoms with van der Waals surface area (Å²) in [4.78, 5) is 16.4. The average molecular weight is 369 g/mol. The maximum absolute atomic E-state index is 12.2. The van der Waals surface area contributed by atoms with Crippen molar-refractivity contribution in [3.05, 3.63) is 51.6 Å². The van der Waals surface area contributed by atoms with Crippen LogP contribution in [0.1, 0.15) is 23.7 Å². The maximum atomic E-state index is 12.2. The van der Waals surface area contributed by atoms with Gasteiger partial charge >= 0.3 is 0 Å². The predicted molar refractivity (Wildman–Crippen MR) is 90.1 cm³/mol. The third-order valence-electron chi connectivity index (χ3n) is 2.77. The van der Waals surface area contributed by atoms with Gasteiger partial charge in [-0.1, -0.05) is 30.7 Å². The number of nitrogens with one attached hydrogen (secondary N) is 2. The molecular weight excluding hydrogens is 354 g/mol. The van der Waals surface area contributed by atoms with Crippen LogP contribution in [0.25, 0.3) is 0 Å². The van der Waals surface area contributed by atoms with E-state index in [1.54, 1.807) is 6.07 Å². The van der Waals surface area contributed by atoms with Gasteiger partial charge in [0.1, 0.15) is 5.82 Å². The second-order valence-electron chi connectivity index (χ2n) is 4.42. The summed E-state index contributed by atoms with van der Waals surface area (Å²) in [6, 6.07) is 9.02. The molecule has 2 aromatic rings. The van der Waals surface area contributed by atoms with E-state index in [2.05, 4.69) is 38.5 Å². The summed E-state index contributed by atoms with van der Waals surface area (Å²) in [5.41, 5.74) is 1.12. The van der Waals surface area contributed by atoms with Crippen molar-refractivity contribution in [3.8, 4) is 0 Å². The predicted octanol–water partition coefficient (Wildman–Crippen LogP) is 4.57. The number of pyridine rings is 1. The lowest BCUT2D eigenvalue weighted by Gasteiger charge is -2.09. The van der Waals surface area contributed by atoms with Crippen LogP contribution in [0.4, 0.5) is 11.5 Å². The number of aromatic nitrogens is 1. The van der Waals surface area contributed by atoms with Gasteiger partial charge in [0.05, 0.1) is 16.3 Å². The van der Waals surface area contributed by atoms with Crippen molar-refractivity contribution in [2.75, 3.05) is 17.2 Å². The maximum Gasteiger partial charge on any atom is 0.257 e. The number of amides is 1. The van der Waals surface area contributed by atoms with E-state index in [1.165, 1.54) is 6.20 Å². The molecule has 2 N–H and O–H groups in total. The zero-order chi connectivity index (χ0) is 15.2. The number of carbonyl (C=O) groups excluding carboxylic acids is 1. The first-order chi connectivity index (χ1) is 10.1. The molecule has 21 heavy (non-hydrogen) atoms. The molecule has 2 rings (SSSR count). The SMILES string of the molecule is CCCNc1ncc(C(=O)Nc2ccccc2Br)cc1Cl. The fourth-order valence-corrected chi connectivity index (χ4v) is 2.31. The van der Waals surface area contributed by atoms with Crippen LogP contribution in [0.5, 0.6) is 0 Å². The highest BCUT2D eigenvalue weighted by Crippen LogP contribution is 2.23. The molecule has 4 nitrogen and oxygen atoms in total. The fourth-order valence-electron chi connectivity index (χ4n) is 1.69. The van der Waals surface area contributed by atoms with Gasteiger partial charge in [-0.3, -0.25) is 4.79 Å². The van der Waals surface area contributed by atoms with Gasteiger partial charge in [-0.2, -0.15) is 0 Å². The molecule has 0 saturated carbocycles. The van der Waals surface area contributed by atoms with Crippen molar-refractivity contribution in [3.63, 3.8) is 0 Å². The highest BCUT2D eigenvalue weighted by Gasteiger charge is 2.11. The lowest BCUT2D eigenvalue weighted by atomic mass is 10.2. The van der Waals surface area contributed by atoms with Crippen LogP contribution >= 0.6 is 27.5 Å². The molecule has 0 unspecified atom stereocenters. The Morgan fingerprint density at radius 2 is 2.14 bits per heavy atom. The van der Waals surface area contributed by atoms with Crippen LogP contribution < -0.4 is 10.6 Å². The molecule has 0 fully saturated rings. The van der Waals surface area contributed by atoms with E-state index in [-0.39, 0.29) is 5.91 Å². The molecule has 0 aliphatic heterocycles. The largest absolute Gasteiger partial charge is 0.369 e. The van der Waals surface area contributed by atoms with E-state index in [9.17, 15) is 4.79 Å². The molecule has 0 saturated heterocycles. The lowest BCUT2D eigenvalue weighted by molar-refractivity contribution is 0.102. The van der Waals surface area contributed by atoms with Gasteiger partial charge in [-0.05, 0) is 40.5 Å². The monoisotopic (exact) mass is 367 g/mol. The van der Waals surface area contributed by atoms with Gasteiger partial charge in [0.25, 0.3) is 5.91 Å². The van der Waals surface area contributed by atoms with E-state index < -0.39 is 0 Å². The minimum Gasteiger partial charge on any atom is -0.369 e. The van der Waals surface area contributed by atoms with Crippen LogP contribution in [0.2, 0.25) is 5.02 Å². The molecule has 1 amide bonds. The van der Waals surface area contributed by atoms with E-state index in [4.69, 9.17) is 11.6 Å². The zero-order valence-electron chi connectivity index (χ0n) is 11.5. The fraction of sp³-hybridized carbons (Fsp3) is 0.200. The van der Waals surface area contributed by atoms with Gasteiger partial charge in [-0.25, -0.2) is 4.98 Å². The summed E-state index contributed by atoms with van der Waals surface area (Å²) < 4.78 is 0.818.